The summed E-state index contributed by atoms with van der Waals surface area (Å²) in [5.41, 5.74) is -0.251. The smallest absolute Gasteiger partial charge is 0.382 e. The van der Waals surface area contributed by atoms with Crippen molar-refractivity contribution in [3.05, 3.63) is 28.8 Å². The van der Waals surface area contributed by atoms with Gasteiger partial charge in [0.25, 0.3) is 0 Å². The van der Waals surface area contributed by atoms with Crippen LogP contribution in [0.2, 0.25) is 5.02 Å². The Morgan fingerprint density at radius 2 is 1.70 bits per heavy atom. The Balaban J connectivity index is 2.22. The Kier molecular flexibility index (Phi) is 4.52. The van der Waals surface area contributed by atoms with Crippen molar-refractivity contribution in [1.82, 2.24) is 0 Å². The minimum Gasteiger partial charge on any atom is -0.382 e. The second-order valence-electron chi connectivity index (χ2n) is 5.78. The van der Waals surface area contributed by atoms with Crippen LogP contribution in [-0.2, 0) is 6.18 Å². The Bertz CT molecular complexity index is 463. The molecule has 1 aliphatic rings. The van der Waals surface area contributed by atoms with E-state index >= 15 is 0 Å². The third kappa shape index (κ3) is 3.60. The average Bonchev–Trinajstić information content (AvgIpc) is 2.32. The number of nitrogens with one attached hydrogen (secondary N) is 1. The van der Waals surface area contributed by atoms with E-state index in [4.69, 9.17) is 11.6 Å². The zero-order chi connectivity index (χ0) is 14.9. The molecule has 0 radical (unpaired) electrons. The largest absolute Gasteiger partial charge is 0.416 e. The van der Waals surface area contributed by atoms with Crippen LogP contribution in [0.15, 0.2) is 18.2 Å². The predicted molar refractivity (Wildman–Crippen MR) is 76.0 cm³/mol. The van der Waals surface area contributed by atoms with Gasteiger partial charge in [0.1, 0.15) is 0 Å². The highest BCUT2D eigenvalue weighted by Crippen LogP contribution is 2.35. The predicted octanol–water partition coefficient (Wildman–Crippen LogP) is 5.60. The summed E-state index contributed by atoms with van der Waals surface area (Å²) in [6, 6.07) is 3.86. The highest BCUT2D eigenvalue weighted by Gasteiger charge is 2.32. The summed E-state index contributed by atoms with van der Waals surface area (Å²) < 4.78 is 38.4. The van der Waals surface area contributed by atoms with Crippen LogP contribution in [0.5, 0.6) is 0 Å². The lowest BCUT2D eigenvalue weighted by atomic mass is 9.78. The maximum absolute atomic E-state index is 12.8. The van der Waals surface area contributed by atoms with Crippen molar-refractivity contribution in [2.45, 2.75) is 45.3 Å². The molecule has 112 valence electrons. The first-order valence-corrected chi connectivity index (χ1v) is 7.29. The Labute approximate surface area is 122 Å². The van der Waals surface area contributed by atoms with Crippen LogP contribution in [0.25, 0.3) is 0 Å². The number of halogens is 4. The van der Waals surface area contributed by atoms with Gasteiger partial charge in [-0.1, -0.05) is 31.9 Å². The first kappa shape index (κ1) is 15.5. The van der Waals surface area contributed by atoms with E-state index in [1.54, 1.807) is 6.07 Å². The van der Waals surface area contributed by atoms with Crippen LogP contribution >= 0.6 is 11.6 Å². The zero-order valence-electron chi connectivity index (χ0n) is 11.6. The first-order chi connectivity index (χ1) is 9.27. The summed E-state index contributed by atoms with van der Waals surface area (Å²) in [6.45, 7) is 4.28. The molecule has 5 heteroatoms. The molecule has 2 rings (SSSR count). The Morgan fingerprint density at radius 3 is 2.25 bits per heavy atom. The van der Waals surface area contributed by atoms with E-state index in [1.807, 2.05) is 0 Å². The molecular weight excluding hydrogens is 287 g/mol. The molecule has 0 amide bonds. The molecule has 1 fully saturated rings. The summed E-state index contributed by atoms with van der Waals surface area (Å²) in [7, 11) is 0. The van der Waals surface area contributed by atoms with Gasteiger partial charge in [0.15, 0.2) is 0 Å². The monoisotopic (exact) mass is 305 g/mol. The maximum atomic E-state index is 12.8. The summed E-state index contributed by atoms with van der Waals surface area (Å²) >= 11 is 5.81. The summed E-state index contributed by atoms with van der Waals surface area (Å²) in [5, 5.41) is 3.36. The van der Waals surface area contributed by atoms with Crippen molar-refractivity contribution in [2.75, 3.05) is 5.32 Å². The van der Waals surface area contributed by atoms with Gasteiger partial charge in [-0.15, -0.1) is 0 Å². The summed E-state index contributed by atoms with van der Waals surface area (Å²) in [5.74, 6) is 0.902. The molecule has 0 bridgehead atoms. The fourth-order valence-corrected chi connectivity index (χ4v) is 3.23. The van der Waals surface area contributed by atoms with Crippen molar-refractivity contribution in [3.63, 3.8) is 0 Å². The van der Waals surface area contributed by atoms with Crippen LogP contribution in [0.1, 0.15) is 38.7 Å². The second-order valence-corrected chi connectivity index (χ2v) is 6.22. The van der Waals surface area contributed by atoms with Crippen molar-refractivity contribution >= 4 is 17.3 Å². The highest BCUT2D eigenvalue weighted by molar-refractivity contribution is 6.30. The maximum Gasteiger partial charge on any atom is 0.416 e. The third-order valence-electron chi connectivity index (χ3n) is 4.10. The van der Waals surface area contributed by atoms with Gasteiger partial charge in [-0.05, 0) is 42.9 Å². The number of hydrogen-bond acceptors (Lipinski definition) is 1. The van der Waals surface area contributed by atoms with Crippen LogP contribution in [-0.4, -0.2) is 6.04 Å². The Morgan fingerprint density at radius 1 is 1.10 bits per heavy atom. The minimum absolute atomic E-state index is 0.110. The molecule has 0 aromatic heterocycles. The summed E-state index contributed by atoms with van der Waals surface area (Å²) in [6.07, 6.45) is -0.974. The molecule has 1 saturated carbocycles. The molecule has 1 aromatic carbocycles. The molecule has 2 atom stereocenters. The van der Waals surface area contributed by atoms with Gasteiger partial charge >= 0.3 is 6.18 Å². The molecule has 20 heavy (non-hydrogen) atoms. The third-order valence-corrected chi connectivity index (χ3v) is 4.32. The SMILES string of the molecule is CC1CCCC(C)C1Nc1cc(Cl)cc(C(F)(F)F)c1. The van der Waals surface area contributed by atoms with E-state index in [9.17, 15) is 13.2 Å². The van der Waals surface area contributed by atoms with E-state index in [0.717, 1.165) is 25.0 Å². The van der Waals surface area contributed by atoms with Crippen LogP contribution in [0.3, 0.4) is 0 Å². The lowest BCUT2D eigenvalue weighted by Gasteiger charge is -2.36. The van der Waals surface area contributed by atoms with E-state index in [-0.39, 0.29) is 11.1 Å². The molecule has 1 aliphatic carbocycles. The van der Waals surface area contributed by atoms with E-state index in [0.29, 0.717) is 17.5 Å². The molecular formula is C15H19ClF3N. The molecule has 1 aromatic rings. The van der Waals surface area contributed by atoms with Crippen molar-refractivity contribution < 1.29 is 13.2 Å². The number of anilines is 1. The Hall–Kier alpha value is -0.900. The molecule has 0 saturated heterocycles. The van der Waals surface area contributed by atoms with Crippen LogP contribution in [0, 0.1) is 11.8 Å². The van der Waals surface area contributed by atoms with Gasteiger partial charge in [-0.2, -0.15) is 13.2 Å². The second kappa shape index (κ2) is 5.84. The zero-order valence-corrected chi connectivity index (χ0v) is 12.4. The van der Waals surface area contributed by atoms with Crippen LogP contribution in [0.4, 0.5) is 18.9 Å². The lowest BCUT2D eigenvalue weighted by Crippen LogP contribution is -2.37. The first-order valence-electron chi connectivity index (χ1n) is 6.91. The van der Waals surface area contributed by atoms with Crippen molar-refractivity contribution in [1.29, 1.82) is 0 Å². The summed E-state index contributed by atoms with van der Waals surface area (Å²) in [4.78, 5) is 0. The molecule has 0 heterocycles. The molecule has 0 spiro atoms. The van der Waals surface area contributed by atoms with Gasteiger partial charge in [0.2, 0.25) is 0 Å². The normalized spacial score (nSPS) is 27.4. The van der Waals surface area contributed by atoms with E-state index in [2.05, 4.69) is 19.2 Å². The molecule has 2 unspecified atom stereocenters. The topological polar surface area (TPSA) is 12.0 Å². The van der Waals surface area contributed by atoms with Gasteiger partial charge in [0, 0.05) is 16.8 Å². The number of rotatable bonds is 2. The quantitative estimate of drug-likeness (QED) is 0.750. The van der Waals surface area contributed by atoms with Crippen molar-refractivity contribution in [2.24, 2.45) is 11.8 Å². The number of benzene rings is 1. The molecule has 1 nitrogen and oxygen atoms in total. The van der Waals surface area contributed by atoms with Gasteiger partial charge < -0.3 is 5.32 Å². The van der Waals surface area contributed by atoms with Crippen molar-refractivity contribution in [3.8, 4) is 0 Å². The van der Waals surface area contributed by atoms with Crippen LogP contribution < -0.4 is 5.32 Å². The highest BCUT2D eigenvalue weighted by atomic mass is 35.5. The minimum atomic E-state index is -4.37. The number of alkyl halides is 3. The van der Waals surface area contributed by atoms with E-state index < -0.39 is 11.7 Å². The lowest BCUT2D eigenvalue weighted by molar-refractivity contribution is -0.137. The van der Waals surface area contributed by atoms with Gasteiger partial charge in [0.05, 0.1) is 5.56 Å². The van der Waals surface area contributed by atoms with E-state index in [1.165, 1.54) is 6.42 Å². The van der Waals surface area contributed by atoms with Gasteiger partial charge in [-0.25, -0.2) is 0 Å². The average molecular weight is 306 g/mol. The number of hydrogen-bond donors (Lipinski definition) is 1. The standard InChI is InChI=1S/C15H19ClF3N/c1-9-4-3-5-10(2)14(9)20-13-7-11(15(17,18)19)6-12(16)8-13/h6-10,14,20H,3-5H2,1-2H3. The fraction of sp³-hybridized carbons (Fsp3) is 0.600. The fourth-order valence-electron chi connectivity index (χ4n) is 3.00. The molecule has 1 N–H and O–H groups in total. The van der Waals surface area contributed by atoms with Gasteiger partial charge in [-0.3, -0.25) is 0 Å². The molecule has 0 aliphatic heterocycles.